The van der Waals surface area contributed by atoms with E-state index in [1.165, 1.54) is 0 Å². The van der Waals surface area contributed by atoms with Gasteiger partial charge in [-0.1, -0.05) is 0 Å². The lowest BCUT2D eigenvalue weighted by Gasteiger charge is -2.24. The van der Waals surface area contributed by atoms with Crippen LogP contribution in [0, 0.1) is 15.9 Å². The number of carbonyl (C=O) groups is 1. The molecule has 1 aromatic rings. The molecule has 0 aliphatic carbocycles. The van der Waals surface area contributed by atoms with Crippen molar-refractivity contribution in [2.75, 3.05) is 13.2 Å². The molecule has 114 valence electrons. The highest BCUT2D eigenvalue weighted by atomic mass is 19.1. The van der Waals surface area contributed by atoms with E-state index in [1.54, 1.807) is 4.90 Å². The standard InChI is InChI=1S/C14H17FN2O4/c15-10-5-6-12(13(9-10)17(20)21)14(19)16-7-1-3-11(16)4-2-8-18/h5-6,9,11,18H,1-4,7-8H2. The molecule has 0 aromatic heterocycles. The van der Waals surface area contributed by atoms with E-state index in [2.05, 4.69) is 0 Å². The van der Waals surface area contributed by atoms with E-state index in [-0.39, 0.29) is 18.2 Å². The van der Waals surface area contributed by atoms with Crippen LogP contribution in [0.3, 0.4) is 0 Å². The van der Waals surface area contributed by atoms with Crippen molar-refractivity contribution >= 4 is 11.6 Å². The monoisotopic (exact) mass is 296 g/mol. The van der Waals surface area contributed by atoms with Gasteiger partial charge in [-0.15, -0.1) is 0 Å². The van der Waals surface area contributed by atoms with Gasteiger partial charge in [0.25, 0.3) is 11.6 Å². The second-order valence-electron chi connectivity index (χ2n) is 5.08. The Hall–Kier alpha value is -2.02. The summed E-state index contributed by atoms with van der Waals surface area (Å²) in [5, 5.41) is 19.9. The number of aliphatic hydroxyl groups excluding tert-OH is 1. The van der Waals surface area contributed by atoms with Crippen molar-refractivity contribution in [1.29, 1.82) is 0 Å². The van der Waals surface area contributed by atoms with Crippen LogP contribution in [0.2, 0.25) is 0 Å². The maximum atomic E-state index is 13.1. The normalized spacial score (nSPS) is 18.0. The first-order chi connectivity index (χ1) is 10.0. The molecule has 21 heavy (non-hydrogen) atoms. The Bertz CT molecular complexity index is 550. The van der Waals surface area contributed by atoms with Crippen molar-refractivity contribution in [2.24, 2.45) is 0 Å². The SMILES string of the molecule is O=C(c1ccc(F)cc1[N+](=O)[O-])N1CCCC1CCCO. The fraction of sp³-hybridized carbons (Fsp3) is 0.500. The largest absolute Gasteiger partial charge is 0.396 e. The number of nitro groups is 1. The van der Waals surface area contributed by atoms with Crippen LogP contribution in [0.4, 0.5) is 10.1 Å². The molecule has 1 amide bonds. The van der Waals surface area contributed by atoms with Crippen molar-refractivity contribution in [3.8, 4) is 0 Å². The summed E-state index contributed by atoms with van der Waals surface area (Å²) in [6.07, 6.45) is 2.90. The van der Waals surface area contributed by atoms with E-state index in [0.717, 1.165) is 31.0 Å². The Morgan fingerprint density at radius 3 is 2.95 bits per heavy atom. The van der Waals surface area contributed by atoms with Gasteiger partial charge in [-0.3, -0.25) is 14.9 Å². The summed E-state index contributed by atoms with van der Waals surface area (Å²) in [5.74, 6) is -1.18. The number of nitrogens with zero attached hydrogens (tertiary/aromatic N) is 2. The van der Waals surface area contributed by atoms with E-state index < -0.39 is 22.3 Å². The Balaban J connectivity index is 2.25. The van der Waals surface area contributed by atoms with E-state index in [9.17, 15) is 19.3 Å². The van der Waals surface area contributed by atoms with Crippen LogP contribution in [0.25, 0.3) is 0 Å². The van der Waals surface area contributed by atoms with Gasteiger partial charge in [0.05, 0.1) is 11.0 Å². The lowest BCUT2D eigenvalue weighted by atomic mass is 10.1. The highest BCUT2D eigenvalue weighted by molar-refractivity contribution is 5.98. The predicted molar refractivity (Wildman–Crippen MR) is 73.4 cm³/mol. The Morgan fingerprint density at radius 2 is 2.29 bits per heavy atom. The molecule has 0 bridgehead atoms. The third-order valence-corrected chi connectivity index (χ3v) is 3.72. The molecule has 0 saturated carbocycles. The third-order valence-electron chi connectivity index (χ3n) is 3.72. The van der Waals surface area contributed by atoms with Gasteiger partial charge in [0.2, 0.25) is 0 Å². The number of nitro benzene ring substituents is 1. The number of rotatable bonds is 5. The van der Waals surface area contributed by atoms with E-state index in [4.69, 9.17) is 5.11 Å². The molecule has 1 aliphatic heterocycles. The molecular formula is C14H17FN2O4. The molecule has 7 heteroatoms. The maximum absolute atomic E-state index is 13.1. The van der Waals surface area contributed by atoms with Crippen LogP contribution in [-0.4, -0.2) is 40.0 Å². The maximum Gasteiger partial charge on any atom is 0.285 e. The van der Waals surface area contributed by atoms with E-state index in [1.807, 2.05) is 0 Å². The number of hydrogen-bond donors (Lipinski definition) is 1. The fourth-order valence-corrected chi connectivity index (χ4v) is 2.72. The molecule has 1 atom stereocenters. The van der Waals surface area contributed by atoms with Crippen LogP contribution in [0.15, 0.2) is 18.2 Å². The summed E-state index contributed by atoms with van der Waals surface area (Å²) in [6.45, 7) is 0.582. The molecule has 1 fully saturated rings. The Kier molecular flexibility index (Phi) is 4.85. The molecule has 1 unspecified atom stereocenters. The zero-order chi connectivity index (χ0) is 15.4. The van der Waals surface area contributed by atoms with Crippen molar-refractivity contribution in [2.45, 2.75) is 31.7 Å². The molecule has 1 aliphatic rings. The number of carbonyl (C=O) groups excluding carboxylic acids is 1. The van der Waals surface area contributed by atoms with Crippen molar-refractivity contribution in [3.63, 3.8) is 0 Å². The molecule has 0 radical (unpaired) electrons. The number of likely N-dealkylation sites (tertiary alicyclic amines) is 1. The van der Waals surface area contributed by atoms with Gasteiger partial charge >= 0.3 is 0 Å². The van der Waals surface area contributed by atoms with E-state index in [0.29, 0.717) is 19.4 Å². The van der Waals surface area contributed by atoms with Crippen molar-refractivity contribution < 1.29 is 19.2 Å². The molecule has 1 N–H and O–H groups in total. The lowest BCUT2D eigenvalue weighted by Crippen LogP contribution is -2.36. The van der Waals surface area contributed by atoms with Crippen molar-refractivity contribution in [1.82, 2.24) is 4.90 Å². The van der Waals surface area contributed by atoms with Gasteiger partial charge in [-0.2, -0.15) is 0 Å². The first kappa shape index (κ1) is 15.4. The molecule has 1 saturated heterocycles. The number of benzene rings is 1. The number of amides is 1. The third kappa shape index (κ3) is 3.36. The number of hydrogen-bond acceptors (Lipinski definition) is 4. The molecule has 2 rings (SSSR count). The first-order valence-electron chi connectivity index (χ1n) is 6.90. The highest BCUT2D eigenvalue weighted by Gasteiger charge is 2.32. The van der Waals surface area contributed by atoms with Crippen LogP contribution >= 0.6 is 0 Å². The number of aliphatic hydroxyl groups is 1. The van der Waals surface area contributed by atoms with E-state index >= 15 is 0 Å². The van der Waals surface area contributed by atoms with Gasteiger partial charge in [0.15, 0.2) is 0 Å². The quantitative estimate of drug-likeness (QED) is 0.666. The summed E-state index contributed by atoms with van der Waals surface area (Å²) in [7, 11) is 0. The lowest BCUT2D eigenvalue weighted by molar-refractivity contribution is -0.385. The Morgan fingerprint density at radius 1 is 1.52 bits per heavy atom. The average Bonchev–Trinajstić information content (AvgIpc) is 2.92. The van der Waals surface area contributed by atoms with Crippen LogP contribution in [-0.2, 0) is 0 Å². The zero-order valence-electron chi connectivity index (χ0n) is 11.5. The summed E-state index contributed by atoms with van der Waals surface area (Å²) >= 11 is 0. The second kappa shape index (κ2) is 6.62. The average molecular weight is 296 g/mol. The van der Waals surface area contributed by atoms with Gasteiger partial charge in [0.1, 0.15) is 11.4 Å². The summed E-state index contributed by atoms with van der Waals surface area (Å²) in [6, 6.07) is 2.97. The minimum Gasteiger partial charge on any atom is -0.396 e. The highest BCUT2D eigenvalue weighted by Crippen LogP contribution is 2.27. The molecule has 1 aromatic carbocycles. The van der Waals surface area contributed by atoms with Crippen LogP contribution in [0.5, 0.6) is 0 Å². The van der Waals surface area contributed by atoms with Crippen molar-refractivity contribution in [3.05, 3.63) is 39.7 Å². The minimum atomic E-state index is -0.741. The fourth-order valence-electron chi connectivity index (χ4n) is 2.72. The Labute approximate surface area is 121 Å². The molecule has 6 nitrogen and oxygen atoms in total. The molecule has 1 heterocycles. The van der Waals surface area contributed by atoms with Crippen LogP contribution < -0.4 is 0 Å². The first-order valence-corrected chi connectivity index (χ1v) is 6.90. The summed E-state index contributed by atoms with van der Waals surface area (Å²) in [5.41, 5.74) is -0.592. The topological polar surface area (TPSA) is 83.7 Å². The molecular weight excluding hydrogens is 279 g/mol. The smallest absolute Gasteiger partial charge is 0.285 e. The number of halogens is 1. The van der Waals surface area contributed by atoms with Crippen LogP contribution in [0.1, 0.15) is 36.0 Å². The predicted octanol–water partition coefficient (Wildman–Crippen LogP) is 2.11. The summed E-state index contributed by atoms with van der Waals surface area (Å²) < 4.78 is 13.1. The summed E-state index contributed by atoms with van der Waals surface area (Å²) in [4.78, 5) is 24.3. The van der Waals surface area contributed by atoms with Gasteiger partial charge in [-0.25, -0.2) is 4.39 Å². The molecule has 0 spiro atoms. The second-order valence-corrected chi connectivity index (χ2v) is 5.08. The van der Waals surface area contributed by atoms with Gasteiger partial charge < -0.3 is 10.0 Å². The zero-order valence-corrected chi connectivity index (χ0v) is 11.5. The van der Waals surface area contributed by atoms with Gasteiger partial charge in [-0.05, 0) is 37.8 Å². The van der Waals surface area contributed by atoms with Gasteiger partial charge in [0, 0.05) is 19.2 Å². The minimum absolute atomic E-state index is 0.0192.